The van der Waals surface area contributed by atoms with Crippen molar-refractivity contribution in [2.24, 2.45) is 0 Å². The minimum Gasteiger partial charge on any atom is -0.489 e. The van der Waals surface area contributed by atoms with Crippen LogP contribution in [0.4, 0.5) is 0 Å². The molecule has 0 fully saturated rings. The molecule has 1 aromatic carbocycles. The average Bonchev–Trinajstić information content (AvgIpc) is 2.11. The van der Waals surface area contributed by atoms with Crippen molar-refractivity contribution in [1.82, 2.24) is 0 Å². The van der Waals surface area contributed by atoms with Gasteiger partial charge in [-0.2, -0.15) is 0 Å². The first-order chi connectivity index (χ1) is 6.13. The highest BCUT2D eigenvalue weighted by Gasteiger charge is 2.05. The second-order valence-corrected chi connectivity index (χ2v) is 5.08. The van der Waals surface area contributed by atoms with Crippen LogP contribution in [-0.2, 0) is 0 Å². The molecule has 0 aliphatic carbocycles. The maximum atomic E-state index is 5.65. The number of rotatable bonds is 3. The Balaban J connectivity index is 2.81. The quantitative estimate of drug-likeness (QED) is 0.716. The molecule has 0 amide bonds. The molecule has 1 nitrogen and oxygen atoms in total. The van der Waals surface area contributed by atoms with Crippen LogP contribution in [0.5, 0.6) is 5.75 Å². The van der Waals surface area contributed by atoms with E-state index < -0.39 is 0 Å². The Kier molecular flexibility index (Phi) is 4.76. The number of benzene rings is 1. The Labute approximate surface area is 103 Å². The summed E-state index contributed by atoms with van der Waals surface area (Å²) in [7, 11) is 0. The Morgan fingerprint density at radius 3 is 2.69 bits per heavy atom. The highest BCUT2D eigenvalue weighted by atomic mass is 79.9. The number of ether oxygens (including phenoxy) is 1. The Morgan fingerprint density at radius 1 is 1.38 bits per heavy atom. The third kappa shape index (κ3) is 3.60. The van der Waals surface area contributed by atoms with E-state index in [1.807, 2.05) is 25.1 Å². The van der Waals surface area contributed by atoms with E-state index in [0.29, 0.717) is 0 Å². The van der Waals surface area contributed by atoms with Crippen LogP contribution in [0, 0.1) is 0 Å². The fraction of sp³-hybridized carbons (Fsp3) is 0.333. The van der Waals surface area contributed by atoms with E-state index in [4.69, 9.17) is 4.74 Å². The van der Waals surface area contributed by atoms with Crippen molar-refractivity contribution >= 4 is 47.8 Å². The van der Waals surface area contributed by atoms with Gasteiger partial charge in [0.15, 0.2) is 0 Å². The number of alkyl halides is 1. The molecule has 0 aromatic heterocycles. The second-order valence-electron chi connectivity index (χ2n) is 2.66. The third-order valence-corrected chi connectivity index (χ3v) is 3.50. The summed E-state index contributed by atoms with van der Waals surface area (Å²) in [5.41, 5.74) is 0. The van der Waals surface area contributed by atoms with Gasteiger partial charge in [-0.25, -0.2) is 0 Å². The third-order valence-electron chi connectivity index (χ3n) is 1.44. The van der Waals surface area contributed by atoms with Crippen molar-refractivity contribution in [3.05, 3.63) is 27.1 Å². The van der Waals surface area contributed by atoms with Crippen molar-refractivity contribution in [2.75, 3.05) is 5.33 Å². The van der Waals surface area contributed by atoms with Crippen LogP contribution in [0.25, 0.3) is 0 Å². The summed E-state index contributed by atoms with van der Waals surface area (Å²) in [5, 5.41) is 0.825. The Hall–Kier alpha value is 0.460. The molecule has 0 radical (unpaired) electrons. The van der Waals surface area contributed by atoms with Gasteiger partial charge >= 0.3 is 0 Å². The van der Waals surface area contributed by atoms with Gasteiger partial charge in [-0.15, -0.1) is 0 Å². The molecular weight excluding hydrogens is 364 g/mol. The van der Waals surface area contributed by atoms with Gasteiger partial charge in [-0.05, 0) is 41.1 Å². The molecule has 0 saturated carbocycles. The molecular formula is C9H9Br3O. The highest BCUT2D eigenvalue weighted by molar-refractivity contribution is 9.11. The molecule has 13 heavy (non-hydrogen) atoms. The van der Waals surface area contributed by atoms with Crippen LogP contribution in [0.2, 0.25) is 0 Å². The molecule has 0 bridgehead atoms. The summed E-state index contributed by atoms with van der Waals surface area (Å²) in [6, 6.07) is 5.87. The molecule has 0 N–H and O–H groups in total. The lowest BCUT2D eigenvalue weighted by atomic mass is 10.3. The first-order valence-electron chi connectivity index (χ1n) is 3.81. The molecule has 1 rings (SSSR count). The monoisotopic (exact) mass is 370 g/mol. The van der Waals surface area contributed by atoms with Crippen LogP contribution in [0.3, 0.4) is 0 Å². The van der Waals surface area contributed by atoms with E-state index in [9.17, 15) is 0 Å². The average molecular weight is 373 g/mol. The largest absolute Gasteiger partial charge is 0.489 e. The van der Waals surface area contributed by atoms with Gasteiger partial charge in [0.2, 0.25) is 0 Å². The minimum atomic E-state index is 0.172. The van der Waals surface area contributed by atoms with Crippen molar-refractivity contribution < 1.29 is 4.74 Å². The predicted octanol–water partition coefficient (Wildman–Crippen LogP) is 4.37. The van der Waals surface area contributed by atoms with E-state index in [0.717, 1.165) is 20.0 Å². The summed E-state index contributed by atoms with van der Waals surface area (Å²) in [5.74, 6) is 0.862. The van der Waals surface area contributed by atoms with Crippen molar-refractivity contribution in [2.45, 2.75) is 13.0 Å². The molecule has 0 spiro atoms. The van der Waals surface area contributed by atoms with Gasteiger partial charge in [0.1, 0.15) is 11.9 Å². The van der Waals surface area contributed by atoms with Crippen LogP contribution in [0.1, 0.15) is 6.92 Å². The molecule has 0 aliphatic heterocycles. The van der Waals surface area contributed by atoms with Crippen molar-refractivity contribution in [3.8, 4) is 5.75 Å². The molecule has 72 valence electrons. The molecule has 0 unspecified atom stereocenters. The molecule has 4 heteroatoms. The fourth-order valence-electron chi connectivity index (χ4n) is 0.816. The molecule has 1 aromatic rings. The van der Waals surface area contributed by atoms with Gasteiger partial charge in [-0.3, -0.25) is 0 Å². The standard InChI is InChI=1S/C9H9Br3O/c1-6(5-10)13-9-4-7(11)2-3-8(9)12/h2-4,6H,5H2,1H3/t6-/m0/s1. The van der Waals surface area contributed by atoms with E-state index in [-0.39, 0.29) is 6.10 Å². The van der Waals surface area contributed by atoms with Crippen LogP contribution in [-0.4, -0.2) is 11.4 Å². The van der Waals surface area contributed by atoms with E-state index in [1.165, 1.54) is 0 Å². The van der Waals surface area contributed by atoms with Crippen LogP contribution >= 0.6 is 47.8 Å². The maximum Gasteiger partial charge on any atom is 0.135 e. The van der Waals surface area contributed by atoms with E-state index in [2.05, 4.69) is 47.8 Å². The van der Waals surface area contributed by atoms with Crippen LogP contribution in [0.15, 0.2) is 27.1 Å². The zero-order chi connectivity index (χ0) is 9.84. The molecule has 0 saturated heterocycles. The lowest BCUT2D eigenvalue weighted by molar-refractivity contribution is 0.246. The van der Waals surface area contributed by atoms with Crippen molar-refractivity contribution in [1.29, 1.82) is 0 Å². The molecule has 1 atom stereocenters. The van der Waals surface area contributed by atoms with E-state index >= 15 is 0 Å². The number of halogens is 3. The van der Waals surface area contributed by atoms with Gasteiger partial charge in [-0.1, -0.05) is 31.9 Å². The lowest BCUT2D eigenvalue weighted by Crippen LogP contribution is -2.13. The van der Waals surface area contributed by atoms with Crippen LogP contribution < -0.4 is 4.74 Å². The predicted molar refractivity (Wildman–Crippen MR) is 65.7 cm³/mol. The smallest absolute Gasteiger partial charge is 0.135 e. The minimum absolute atomic E-state index is 0.172. The van der Waals surface area contributed by atoms with Crippen molar-refractivity contribution in [3.63, 3.8) is 0 Å². The van der Waals surface area contributed by atoms with Gasteiger partial charge in [0.05, 0.1) is 4.47 Å². The lowest BCUT2D eigenvalue weighted by Gasteiger charge is -2.13. The van der Waals surface area contributed by atoms with Gasteiger partial charge in [0, 0.05) is 9.80 Å². The highest BCUT2D eigenvalue weighted by Crippen LogP contribution is 2.29. The van der Waals surface area contributed by atoms with Gasteiger partial charge < -0.3 is 4.74 Å². The summed E-state index contributed by atoms with van der Waals surface area (Å²) >= 11 is 10.2. The summed E-state index contributed by atoms with van der Waals surface area (Å²) in [6.07, 6.45) is 0.172. The second kappa shape index (κ2) is 5.37. The first-order valence-corrected chi connectivity index (χ1v) is 6.52. The van der Waals surface area contributed by atoms with Gasteiger partial charge in [0.25, 0.3) is 0 Å². The van der Waals surface area contributed by atoms with E-state index in [1.54, 1.807) is 0 Å². The molecule has 0 aliphatic rings. The maximum absolute atomic E-state index is 5.65. The first kappa shape index (κ1) is 11.5. The zero-order valence-corrected chi connectivity index (χ0v) is 11.8. The number of hydrogen-bond donors (Lipinski definition) is 0. The Morgan fingerprint density at radius 2 is 2.08 bits per heavy atom. The normalized spacial score (nSPS) is 12.6. The number of hydrogen-bond acceptors (Lipinski definition) is 1. The summed E-state index contributed by atoms with van der Waals surface area (Å²) < 4.78 is 7.65. The zero-order valence-electron chi connectivity index (χ0n) is 7.06. The molecule has 0 heterocycles. The fourth-order valence-corrected chi connectivity index (χ4v) is 1.63. The topological polar surface area (TPSA) is 9.23 Å². The Bertz CT molecular complexity index is 288. The summed E-state index contributed by atoms with van der Waals surface area (Å²) in [6.45, 7) is 2.02. The summed E-state index contributed by atoms with van der Waals surface area (Å²) in [4.78, 5) is 0. The SMILES string of the molecule is C[C@@H](CBr)Oc1cc(Br)ccc1Br.